The molecule has 1 fully saturated rings. The van der Waals surface area contributed by atoms with Gasteiger partial charge in [-0.2, -0.15) is 0 Å². The predicted molar refractivity (Wildman–Crippen MR) is 50.7 cm³/mol. The van der Waals surface area contributed by atoms with E-state index in [4.69, 9.17) is 5.11 Å². The Kier molecular flexibility index (Phi) is 3.69. The molecule has 1 aliphatic heterocycles. The summed E-state index contributed by atoms with van der Waals surface area (Å²) in [7, 11) is 1.88. The molecule has 0 aliphatic carbocycles. The molecule has 0 spiro atoms. The monoisotopic (exact) mass is 186 g/mol. The third kappa shape index (κ3) is 2.97. The van der Waals surface area contributed by atoms with Gasteiger partial charge in [0.25, 0.3) is 0 Å². The molecule has 4 nitrogen and oxygen atoms in total. The Bertz CT molecular complexity index is 171. The summed E-state index contributed by atoms with van der Waals surface area (Å²) in [5, 5.41) is 15.2. The van der Waals surface area contributed by atoms with E-state index in [1.165, 1.54) is 0 Å². The van der Waals surface area contributed by atoms with Crippen molar-refractivity contribution in [3.63, 3.8) is 0 Å². The first-order valence-electron chi connectivity index (χ1n) is 4.76. The van der Waals surface area contributed by atoms with Crippen molar-refractivity contribution in [3.05, 3.63) is 0 Å². The van der Waals surface area contributed by atoms with E-state index < -0.39 is 5.97 Å². The van der Waals surface area contributed by atoms with Gasteiger partial charge in [0.2, 0.25) is 0 Å². The fourth-order valence-electron chi connectivity index (χ4n) is 2.07. The molecule has 0 aromatic rings. The van der Waals surface area contributed by atoms with Gasteiger partial charge < -0.3 is 15.7 Å². The van der Waals surface area contributed by atoms with Crippen molar-refractivity contribution in [2.45, 2.75) is 19.3 Å². The van der Waals surface area contributed by atoms with Crippen molar-refractivity contribution >= 4 is 5.97 Å². The van der Waals surface area contributed by atoms with E-state index in [1.54, 1.807) is 0 Å². The summed E-state index contributed by atoms with van der Waals surface area (Å²) < 4.78 is 0. The third-order valence-electron chi connectivity index (χ3n) is 2.74. The number of aliphatic carboxylic acids is 1. The van der Waals surface area contributed by atoms with Crippen LogP contribution < -0.4 is 10.6 Å². The van der Waals surface area contributed by atoms with Crippen LogP contribution in [0.2, 0.25) is 0 Å². The molecule has 0 unspecified atom stereocenters. The van der Waals surface area contributed by atoms with Crippen LogP contribution in [0.5, 0.6) is 0 Å². The smallest absolute Gasteiger partial charge is 0.303 e. The zero-order chi connectivity index (χ0) is 9.73. The molecule has 1 rings (SSSR count). The van der Waals surface area contributed by atoms with Crippen molar-refractivity contribution < 1.29 is 9.90 Å². The number of hydrogen-bond donors (Lipinski definition) is 3. The molecular weight excluding hydrogens is 168 g/mol. The molecule has 76 valence electrons. The minimum atomic E-state index is -0.683. The average Bonchev–Trinajstić information content (AvgIpc) is 2.04. The lowest BCUT2D eigenvalue weighted by Gasteiger charge is -2.36. The Balaban J connectivity index is 2.55. The number of hydrogen-bond acceptors (Lipinski definition) is 3. The quantitative estimate of drug-likeness (QED) is 0.580. The molecule has 0 amide bonds. The van der Waals surface area contributed by atoms with Crippen LogP contribution in [0.4, 0.5) is 0 Å². The number of rotatable bonds is 4. The maximum Gasteiger partial charge on any atom is 0.303 e. The highest BCUT2D eigenvalue weighted by molar-refractivity contribution is 5.67. The summed E-state index contributed by atoms with van der Waals surface area (Å²) in [5.41, 5.74) is -0.0220. The third-order valence-corrected chi connectivity index (χ3v) is 2.74. The van der Waals surface area contributed by atoms with Gasteiger partial charge in [-0.15, -0.1) is 0 Å². The van der Waals surface area contributed by atoms with Crippen LogP contribution in [-0.4, -0.2) is 37.8 Å². The largest absolute Gasteiger partial charge is 0.481 e. The summed E-state index contributed by atoms with van der Waals surface area (Å²) in [6, 6.07) is 0. The van der Waals surface area contributed by atoms with Crippen LogP contribution in [0, 0.1) is 5.41 Å². The summed E-state index contributed by atoms with van der Waals surface area (Å²) >= 11 is 0. The summed E-state index contributed by atoms with van der Waals surface area (Å²) in [5.74, 6) is -0.683. The van der Waals surface area contributed by atoms with Crippen molar-refractivity contribution in [2.24, 2.45) is 5.41 Å². The lowest BCUT2D eigenvalue weighted by atomic mass is 9.76. The lowest BCUT2D eigenvalue weighted by molar-refractivity contribution is -0.140. The highest BCUT2D eigenvalue weighted by Gasteiger charge is 2.33. The molecule has 0 radical (unpaired) electrons. The fourth-order valence-corrected chi connectivity index (χ4v) is 2.07. The normalized spacial score (nSPS) is 21.3. The van der Waals surface area contributed by atoms with Crippen LogP contribution >= 0.6 is 0 Å². The maximum absolute atomic E-state index is 10.7. The van der Waals surface area contributed by atoms with Gasteiger partial charge in [0.15, 0.2) is 0 Å². The Labute approximate surface area is 78.7 Å². The van der Waals surface area contributed by atoms with Gasteiger partial charge in [0.05, 0.1) is 6.42 Å². The van der Waals surface area contributed by atoms with E-state index in [0.29, 0.717) is 0 Å². The van der Waals surface area contributed by atoms with Gasteiger partial charge in [-0.3, -0.25) is 4.79 Å². The maximum atomic E-state index is 10.7. The second-order valence-corrected chi connectivity index (χ2v) is 3.85. The molecule has 0 aromatic carbocycles. The van der Waals surface area contributed by atoms with Crippen molar-refractivity contribution in [1.29, 1.82) is 0 Å². The van der Waals surface area contributed by atoms with E-state index in [1.807, 2.05) is 7.05 Å². The van der Waals surface area contributed by atoms with Gasteiger partial charge in [0, 0.05) is 6.54 Å². The summed E-state index contributed by atoms with van der Waals surface area (Å²) in [6.45, 7) is 2.69. The lowest BCUT2D eigenvalue weighted by Crippen LogP contribution is -2.43. The predicted octanol–water partition coefficient (Wildman–Crippen LogP) is 0.0503. The first-order chi connectivity index (χ1) is 6.18. The zero-order valence-electron chi connectivity index (χ0n) is 8.10. The summed E-state index contributed by atoms with van der Waals surface area (Å²) in [6.07, 6.45) is 2.20. The van der Waals surface area contributed by atoms with E-state index >= 15 is 0 Å². The van der Waals surface area contributed by atoms with Crippen LogP contribution in [0.25, 0.3) is 0 Å². The molecule has 1 saturated heterocycles. The molecule has 0 bridgehead atoms. The highest BCUT2D eigenvalue weighted by atomic mass is 16.4. The zero-order valence-corrected chi connectivity index (χ0v) is 8.10. The van der Waals surface area contributed by atoms with E-state index in [-0.39, 0.29) is 11.8 Å². The number of carbonyl (C=O) groups is 1. The average molecular weight is 186 g/mol. The molecule has 13 heavy (non-hydrogen) atoms. The number of carboxylic acid groups (broad SMARTS) is 1. The van der Waals surface area contributed by atoms with Gasteiger partial charge in [-0.25, -0.2) is 0 Å². The van der Waals surface area contributed by atoms with E-state index in [0.717, 1.165) is 32.5 Å². The standard InChI is InChI=1S/C9H18N2O2/c1-10-7-9(6-8(12)13)2-4-11-5-3-9/h10-11H,2-7H2,1H3,(H,12,13). The minimum Gasteiger partial charge on any atom is -0.481 e. The van der Waals surface area contributed by atoms with Gasteiger partial charge >= 0.3 is 5.97 Å². The molecule has 1 heterocycles. The van der Waals surface area contributed by atoms with Crippen molar-refractivity contribution in [2.75, 3.05) is 26.7 Å². The highest BCUT2D eigenvalue weighted by Crippen LogP contribution is 2.31. The van der Waals surface area contributed by atoms with Crippen LogP contribution in [-0.2, 0) is 4.79 Å². The molecule has 0 atom stereocenters. The van der Waals surface area contributed by atoms with E-state index in [9.17, 15) is 4.79 Å². The molecule has 1 aliphatic rings. The SMILES string of the molecule is CNCC1(CC(=O)O)CCNCC1. The molecule has 0 saturated carbocycles. The Morgan fingerprint density at radius 1 is 1.54 bits per heavy atom. The van der Waals surface area contributed by atoms with Gasteiger partial charge in [0.1, 0.15) is 0 Å². The van der Waals surface area contributed by atoms with Crippen molar-refractivity contribution in [1.82, 2.24) is 10.6 Å². The molecular formula is C9H18N2O2. The van der Waals surface area contributed by atoms with Crippen LogP contribution in [0.3, 0.4) is 0 Å². The van der Waals surface area contributed by atoms with Crippen LogP contribution in [0.15, 0.2) is 0 Å². The molecule has 4 heteroatoms. The second-order valence-electron chi connectivity index (χ2n) is 3.85. The van der Waals surface area contributed by atoms with Gasteiger partial charge in [-0.1, -0.05) is 0 Å². The fraction of sp³-hybridized carbons (Fsp3) is 0.889. The Morgan fingerprint density at radius 3 is 2.62 bits per heavy atom. The Morgan fingerprint density at radius 2 is 2.15 bits per heavy atom. The Hall–Kier alpha value is -0.610. The molecule has 3 N–H and O–H groups in total. The first kappa shape index (κ1) is 10.5. The number of carboxylic acids is 1. The van der Waals surface area contributed by atoms with Crippen molar-refractivity contribution in [3.8, 4) is 0 Å². The van der Waals surface area contributed by atoms with Gasteiger partial charge in [-0.05, 0) is 38.4 Å². The second kappa shape index (κ2) is 4.58. The van der Waals surface area contributed by atoms with Crippen LogP contribution in [0.1, 0.15) is 19.3 Å². The summed E-state index contributed by atoms with van der Waals surface area (Å²) in [4.78, 5) is 10.7. The topological polar surface area (TPSA) is 61.4 Å². The number of piperidine rings is 1. The van der Waals surface area contributed by atoms with E-state index in [2.05, 4.69) is 10.6 Å². The molecule has 0 aromatic heterocycles. The minimum absolute atomic E-state index is 0.0220. The number of nitrogens with one attached hydrogen (secondary N) is 2. The first-order valence-corrected chi connectivity index (χ1v) is 4.76.